The van der Waals surface area contributed by atoms with Crippen LogP contribution in [0.2, 0.25) is 0 Å². The number of hydrogen-bond acceptors (Lipinski definition) is 1. The summed E-state index contributed by atoms with van der Waals surface area (Å²) in [6, 6.07) is 0. The molecule has 0 radical (unpaired) electrons. The van der Waals surface area contributed by atoms with Gasteiger partial charge in [-0.1, -0.05) is 26.7 Å². The molecule has 1 rings (SSSR count). The molecule has 0 spiro atoms. The van der Waals surface area contributed by atoms with E-state index in [1.165, 1.54) is 25.9 Å². The van der Waals surface area contributed by atoms with Gasteiger partial charge in [0.25, 0.3) is 0 Å². The molecule has 0 atom stereocenters. The number of nitrogens with one attached hydrogen (secondary N) is 1. The van der Waals surface area contributed by atoms with Gasteiger partial charge in [0.1, 0.15) is 0 Å². The van der Waals surface area contributed by atoms with Gasteiger partial charge < -0.3 is 5.32 Å². The van der Waals surface area contributed by atoms with Crippen molar-refractivity contribution >= 4 is 12.4 Å². The van der Waals surface area contributed by atoms with Gasteiger partial charge in [-0.25, -0.2) is 0 Å². The third kappa shape index (κ3) is 2.14. The van der Waals surface area contributed by atoms with Gasteiger partial charge in [0.2, 0.25) is 0 Å². The number of hydrogen-bond donors (Lipinski definition) is 1. The minimum absolute atomic E-state index is 0. The largest absolute Gasteiger partial charge is 0.316 e. The second-order valence-corrected chi connectivity index (χ2v) is 2.99. The molecule has 0 bridgehead atoms. The van der Waals surface area contributed by atoms with Crippen LogP contribution in [0.25, 0.3) is 0 Å². The van der Waals surface area contributed by atoms with E-state index in [0.717, 1.165) is 11.8 Å². The van der Waals surface area contributed by atoms with Gasteiger partial charge in [-0.2, -0.15) is 0 Å². The van der Waals surface area contributed by atoms with Crippen LogP contribution in [0.4, 0.5) is 0 Å². The van der Waals surface area contributed by atoms with E-state index in [2.05, 4.69) is 19.2 Å². The van der Waals surface area contributed by atoms with Crippen molar-refractivity contribution in [3.63, 3.8) is 0 Å². The van der Waals surface area contributed by atoms with Gasteiger partial charge in [-0.3, -0.25) is 0 Å². The van der Waals surface area contributed by atoms with Crippen LogP contribution in [0.1, 0.15) is 26.7 Å². The van der Waals surface area contributed by atoms with Gasteiger partial charge in [-0.05, 0) is 24.9 Å². The van der Waals surface area contributed by atoms with E-state index in [1.54, 1.807) is 0 Å². The lowest BCUT2D eigenvalue weighted by atomic mass is 9.84. The van der Waals surface area contributed by atoms with Gasteiger partial charge in [0.05, 0.1) is 0 Å². The highest BCUT2D eigenvalue weighted by molar-refractivity contribution is 5.85. The highest BCUT2D eigenvalue weighted by Crippen LogP contribution is 2.22. The minimum Gasteiger partial charge on any atom is -0.316 e. The van der Waals surface area contributed by atoms with Crippen LogP contribution < -0.4 is 5.32 Å². The lowest BCUT2D eigenvalue weighted by Gasteiger charge is -2.33. The monoisotopic (exact) mass is 163 g/mol. The normalized spacial score (nSPS) is 18.3. The fourth-order valence-electron chi connectivity index (χ4n) is 1.60. The molecule has 62 valence electrons. The molecule has 1 aliphatic rings. The van der Waals surface area contributed by atoms with E-state index in [0.29, 0.717) is 0 Å². The Morgan fingerprint density at radius 2 is 1.80 bits per heavy atom. The molecular formula is C8H18ClN. The van der Waals surface area contributed by atoms with Crippen molar-refractivity contribution in [3.05, 3.63) is 0 Å². The predicted octanol–water partition coefficient (Wildman–Crippen LogP) is 2.06. The molecule has 0 aliphatic carbocycles. The first-order chi connectivity index (χ1) is 4.38. The summed E-state index contributed by atoms with van der Waals surface area (Å²) < 4.78 is 0. The maximum Gasteiger partial charge on any atom is -0.000560 e. The molecule has 0 amide bonds. The molecule has 0 aromatic heterocycles. The summed E-state index contributed by atoms with van der Waals surface area (Å²) in [6.07, 6.45) is 2.73. The molecule has 1 N–H and O–H groups in total. The SMILES string of the molecule is CCC(CC)C1CNC1.Cl. The Labute approximate surface area is 70.0 Å². The van der Waals surface area contributed by atoms with E-state index < -0.39 is 0 Å². The summed E-state index contributed by atoms with van der Waals surface area (Å²) in [5.41, 5.74) is 0. The minimum atomic E-state index is 0. The van der Waals surface area contributed by atoms with Crippen molar-refractivity contribution in [1.82, 2.24) is 5.32 Å². The fourth-order valence-corrected chi connectivity index (χ4v) is 1.60. The molecule has 0 aromatic rings. The zero-order valence-corrected chi connectivity index (χ0v) is 7.71. The van der Waals surface area contributed by atoms with Gasteiger partial charge in [-0.15, -0.1) is 12.4 Å². The van der Waals surface area contributed by atoms with Crippen molar-refractivity contribution in [3.8, 4) is 0 Å². The van der Waals surface area contributed by atoms with Crippen molar-refractivity contribution in [2.24, 2.45) is 11.8 Å². The summed E-state index contributed by atoms with van der Waals surface area (Å²) in [4.78, 5) is 0. The lowest BCUT2D eigenvalue weighted by Crippen LogP contribution is -2.45. The maximum absolute atomic E-state index is 3.31. The molecule has 1 heterocycles. The third-order valence-electron chi connectivity index (χ3n) is 2.53. The van der Waals surface area contributed by atoms with Crippen LogP contribution in [0.3, 0.4) is 0 Å². The summed E-state index contributed by atoms with van der Waals surface area (Å²) in [7, 11) is 0. The molecule has 1 aliphatic heterocycles. The molecule has 0 saturated carbocycles. The van der Waals surface area contributed by atoms with Crippen LogP contribution in [0.5, 0.6) is 0 Å². The quantitative estimate of drug-likeness (QED) is 0.672. The van der Waals surface area contributed by atoms with Crippen molar-refractivity contribution < 1.29 is 0 Å². The molecule has 2 heteroatoms. The standard InChI is InChI=1S/C8H17N.ClH/c1-3-7(4-2)8-5-9-6-8;/h7-9H,3-6H2,1-2H3;1H. The van der Waals surface area contributed by atoms with Crippen LogP contribution in [0.15, 0.2) is 0 Å². The number of halogens is 1. The van der Waals surface area contributed by atoms with E-state index in [-0.39, 0.29) is 12.4 Å². The van der Waals surface area contributed by atoms with E-state index >= 15 is 0 Å². The Kier molecular flexibility index (Phi) is 5.10. The summed E-state index contributed by atoms with van der Waals surface area (Å²) in [6.45, 7) is 7.14. The Morgan fingerprint density at radius 3 is 1.90 bits per heavy atom. The summed E-state index contributed by atoms with van der Waals surface area (Å²) in [5.74, 6) is 1.99. The fraction of sp³-hybridized carbons (Fsp3) is 1.00. The second-order valence-electron chi connectivity index (χ2n) is 2.99. The predicted molar refractivity (Wildman–Crippen MR) is 47.7 cm³/mol. The van der Waals surface area contributed by atoms with E-state index in [1.807, 2.05) is 0 Å². The highest BCUT2D eigenvalue weighted by Gasteiger charge is 2.23. The lowest BCUT2D eigenvalue weighted by molar-refractivity contribution is 0.222. The van der Waals surface area contributed by atoms with E-state index in [4.69, 9.17) is 0 Å². The van der Waals surface area contributed by atoms with Crippen molar-refractivity contribution in [1.29, 1.82) is 0 Å². The van der Waals surface area contributed by atoms with Crippen LogP contribution in [0, 0.1) is 11.8 Å². The Morgan fingerprint density at radius 1 is 1.30 bits per heavy atom. The van der Waals surface area contributed by atoms with Crippen molar-refractivity contribution in [2.45, 2.75) is 26.7 Å². The summed E-state index contributed by atoms with van der Waals surface area (Å²) >= 11 is 0. The third-order valence-corrected chi connectivity index (χ3v) is 2.53. The first-order valence-corrected chi connectivity index (χ1v) is 4.09. The van der Waals surface area contributed by atoms with Gasteiger partial charge in [0.15, 0.2) is 0 Å². The molecular weight excluding hydrogens is 146 g/mol. The Bertz CT molecular complexity index is 77.3. The first-order valence-electron chi connectivity index (χ1n) is 4.09. The first kappa shape index (κ1) is 10.2. The number of rotatable bonds is 3. The Hall–Kier alpha value is 0.250. The molecule has 1 saturated heterocycles. The highest BCUT2D eigenvalue weighted by atomic mass is 35.5. The average Bonchev–Trinajstić information content (AvgIpc) is 1.78. The van der Waals surface area contributed by atoms with E-state index in [9.17, 15) is 0 Å². The Balaban J connectivity index is 0.000000810. The molecule has 0 aromatic carbocycles. The topological polar surface area (TPSA) is 12.0 Å². The van der Waals surface area contributed by atoms with Gasteiger partial charge in [0, 0.05) is 0 Å². The smallest absolute Gasteiger partial charge is 0.000560 e. The van der Waals surface area contributed by atoms with Gasteiger partial charge >= 0.3 is 0 Å². The van der Waals surface area contributed by atoms with Crippen LogP contribution >= 0.6 is 12.4 Å². The molecule has 10 heavy (non-hydrogen) atoms. The zero-order valence-electron chi connectivity index (χ0n) is 6.89. The molecule has 1 fully saturated rings. The second kappa shape index (κ2) is 4.97. The average molecular weight is 164 g/mol. The van der Waals surface area contributed by atoms with Crippen molar-refractivity contribution in [2.75, 3.05) is 13.1 Å². The van der Waals surface area contributed by atoms with Crippen LogP contribution in [-0.2, 0) is 0 Å². The maximum atomic E-state index is 3.31. The van der Waals surface area contributed by atoms with Crippen LogP contribution in [-0.4, -0.2) is 13.1 Å². The molecule has 0 unspecified atom stereocenters. The zero-order chi connectivity index (χ0) is 6.69. The molecule has 1 nitrogen and oxygen atoms in total. The summed E-state index contributed by atoms with van der Waals surface area (Å²) in [5, 5.41) is 3.31.